The van der Waals surface area contributed by atoms with E-state index in [-0.39, 0.29) is 11.3 Å². The largest absolute Gasteiger partial charge is 0.462 e. The summed E-state index contributed by atoms with van der Waals surface area (Å²) in [6.07, 6.45) is 1.53. The Hall–Kier alpha value is -2.44. The minimum absolute atomic E-state index is 0.0416. The van der Waals surface area contributed by atoms with Crippen LogP contribution < -0.4 is 5.32 Å². The molecule has 0 fully saturated rings. The van der Waals surface area contributed by atoms with Gasteiger partial charge in [-0.1, -0.05) is 58.9 Å². The van der Waals surface area contributed by atoms with Gasteiger partial charge in [0.15, 0.2) is 0 Å². The number of carbonyl (C=O) groups is 2. The summed E-state index contributed by atoms with van der Waals surface area (Å²) >= 11 is 3.00. The van der Waals surface area contributed by atoms with Crippen LogP contribution in [0.25, 0.3) is 11.1 Å². The molecule has 0 saturated carbocycles. The average Bonchev–Trinajstić information content (AvgIpc) is 3.30. The van der Waals surface area contributed by atoms with Gasteiger partial charge in [-0.25, -0.2) is 4.79 Å². The third kappa shape index (κ3) is 5.39. The zero-order valence-corrected chi connectivity index (χ0v) is 22.2. The van der Waals surface area contributed by atoms with Gasteiger partial charge < -0.3 is 10.1 Å². The zero-order chi connectivity index (χ0) is 24.3. The van der Waals surface area contributed by atoms with Crippen LogP contribution in [-0.2, 0) is 16.6 Å². The van der Waals surface area contributed by atoms with Gasteiger partial charge in [-0.2, -0.15) is 0 Å². The van der Waals surface area contributed by atoms with Crippen molar-refractivity contribution < 1.29 is 14.3 Å². The Morgan fingerprint density at radius 2 is 1.70 bits per heavy atom. The number of amides is 1. The van der Waals surface area contributed by atoms with Gasteiger partial charge >= 0.3 is 5.97 Å². The van der Waals surface area contributed by atoms with Crippen molar-refractivity contribution in [2.45, 2.75) is 66.7 Å². The second-order valence-corrected chi connectivity index (χ2v) is 11.5. The normalized spacial score (nSPS) is 11.5. The number of benzene rings is 1. The molecule has 4 nitrogen and oxygen atoms in total. The van der Waals surface area contributed by atoms with E-state index in [0.717, 1.165) is 39.3 Å². The molecule has 33 heavy (non-hydrogen) atoms. The first-order chi connectivity index (χ1) is 15.6. The number of anilines is 1. The lowest BCUT2D eigenvalue weighted by Crippen LogP contribution is -2.16. The summed E-state index contributed by atoms with van der Waals surface area (Å²) in [6.45, 7) is 14.9. The molecule has 1 N–H and O–H groups in total. The van der Waals surface area contributed by atoms with Gasteiger partial charge in [0.25, 0.3) is 5.91 Å². The van der Waals surface area contributed by atoms with Crippen LogP contribution in [0, 0.1) is 13.8 Å². The maximum Gasteiger partial charge on any atom is 0.341 e. The van der Waals surface area contributed by atoms with Gasteiger partial charge in [0.05, 0.1) is 12.2 Å². The van der Waals surface area contributed by atoms with Crippen molar-refractivity contribution in [3.8, 4) is 11.1 Å². The van der Waals surface area contributed by atoms with E-state index in [9.17, 15) is 9.59 Å². The van der Waals surface area contributed by atoms with Gasteiger partial charge in [0.1, 0.15) is 10.6 Å². The maximum absolute atomic E-state index is 13.2. The summed E-state index contributed by atoms with van der Waals surface area (Å²) < 4.78 is 5.53. The molecule has 0 saturated heterocycles. The molecule has 1 aromatic carbocycles. The highest BCUT2D eigenvalue weighted by Crippen LogP contribution is 2.41. The lowest BCUT2D eigenvalue weighted by Gasteiger charge is -2.19. The fourth-order valence-corrected chi connectivity index (χ4v) is 5.86. The molecule has 2 heterocycles. The number of hydrogen-bond donors (Lipinski definition) is 1. The topological polar surface area (TPSA) is 55.4 Å². The minimum atomic E-state index is -0.399. The van der Waals surface area contributed by atoms with E-state index in [2.05, 4.69) is 50.4 Å². The van der Waals surface area contributed by atoms with Crippen molar-refractivity contribution >= 4 is 39.6 Å². The molecule has 0 atom stereocenters. The highest BCUT2D eigenvalue weighted by Gasteiger charge is 2.27. The van der Waals surface area contributed by atoms with Gasteiger partial charge in [0, 0.05) is 20.7 Å². The summed E-state index contributed by atoms with van der Waals surface area (Å²) in [5, 5.41) is 5.46. The number of nitrogens with one attached hydrogen (secondary N) is 1. The van der Waals surface area contributed by atoms with E-state index in [0.29, 0.717) is 22.7 Å². The van der Waals surface area contributed by atoms with Crippen molar-refractivity contribution in [1.29, 1.82) is 0 Å². The lowest BCUT2D eigenvalue weighted by atomic mass is 9.86. The van der Waals surface area contributed by atoms with Crippen LogP contribution in [0.5, 0.6) is 0 Å². The summed E-state index contributed by atoms with van der Waals surface area (Å²) in [5.41, 5.74) is 5.21. The predicted octanol–water partition coefficient (Wildman–Crippen LogP) is 7.77. The summed E-state index contributed by atoms with van der Waals surface area (Å²) in [4.78, 5) is 28.4. The number of hydrogen-bond acceptors (Lipinski definition) is 5. The predicted molar refractivity (Wildman–Crippen MR) is 140 cm³/mol. The van der Waals surface area contributed by atoms with Crippen molar-refractivity contribution in [3.63, 3.8) is 0 Å². The smallest absolute Gasteiger partial charge is 0.341 e. The van der Waals surface area contributed by atoms with Crippen LogP contribution in [-0.4, -0.2) is 18.5 Å². The van der Waals surface area contributed by atoms with Crippen molar-refractivity contribution in [3.05, 3.63) is 61.7 Å². The van der Waals surface area contributed by atoms with Crippen LogP contribution in [0.4, 0.5) is 5.00 Å². The number of ether oxygens (including phenoxy) is 1. The van der Waals surface area contributed by atoms with E-state index < -0.39 is 5.97 Å². The number of thiophene rings is 2. The highest BCUT2D eigenvalue weighted by molar-refractivity contribution is 7.17. The Morgan fingerprint density at radius 1 is 1.03 bits per heavy atom. The summed E-state index contributed by atoms with van der Waals surface area (Å²) in [6, 6.07) is 8.31. The Labute approximate surface area is 205 Å². The molecule has 0 aliphatic heterocycles. The fraction of sp³-hybridized carbons (Fsp3) is 0.407. The lowest BCUT2D eigenvalue weighted by molar-refractivity contribution is 0.0507. The third-order valence-electron chi connectivity index (χ3n) is 5.69. The van der Waals surface area contributed by atoms with Gasteiger partial charge in [-0.05, 0) is 48.8 Å². The molecule has 0 aliphatic rings. The van der Waals surface area contributed by atoms with Crippen molar-refractivity contribution in [2.24, 2.45) is 0 Å². The van der Waals surface area contributed by atoms with Crippen LogP contribution in [0.3, 0.4) is 0 Å². The van der Waals surface area contributed by atoms with E-state index >= 15 is 0 Å². The van der Waals surface area contributed by atoms with Crippen molar-refractivity contribution in [2.75, 3.05) is 11.9 Å². The Morgan fingerprint density at radius 3 is 2.27 bits per heavy atom. The van der Waals surface area contributed by atoms with Crippen molar-refractivity contribution in [1.82, 2.24) is 0 Å². The maximum atomic E-state index is 13.2. The molecule has 0 aliphatic carbocycles. The number of carbonyl (C=O) groups excluding carboxylic acids is 2. The van der Waals surface area contributed by atoms with E-state index in [4.69, 9.17) is 4.74 Å². The number of rotatable bonds is 7. The zero-order valence-electron chi connectivity index (χ0n) is 20.5. The molecule has 0 radical (unpaired) electrons. The first kappa shape index (κ1) is 25.2. The molecule has 0 unspecified atom stereocenters. The molecule has 0 bridgehead atoms. The molecule has 3 rings (SSSR count). The fourth-order valence-electron chi connectivity index (χ4n) is 3.86. The summed E-state index contributed by atoms with van der Waals surface area (Å²) in [5.74, 6) is -0.583. The molecule has 1 amide bonds. The monoisotopic (exact) mass is 483 g/mol. The molecule has 0 spiro atoms. The molecule has 3 aromatic rings. The quantitative estimate of drug-likeness (QED) is 0.349. The van der Waals surface area contributed by atoms with Crippen LogP contribution in [0.2, 0.25) is 0 Å². The van der Waals surface area contributed by atoms with Crippen LogP contribution in [0.1, 0.15) is 82.6 Å². The van der Waals surface area contributed by atoms with E-state index in [1.165, 1.54) is 16.9 Å². The van der Waals surface area contributed by atoms with E-state index in [1.54, 1.807) is 11.3 Å². The van der Waals surface area contributed by atoms with Gasteiger partial charge in [-0.15, -0.1) is 22.7 Å². The molecular formula is C27H33NO3S2. The number of esters is 1. The summed E-state index contributed by atoms with van der Waals surface area (Å²) in [7, 11) is 0. The third-order valence-corrected chi connectivity index (χ3v) is 7.67. The molecule has 2 aromatic heterocycles. The Balaban J connectivity index is 2.06. The average molecular weight is 484 g/mol. The second kappa shape index (κ2) is 10.2. The van der Waals surface area contributed by atoms with E-state index in [1.807, 2.05) is 33.1 Å². The van der Waals surface area contributed by atoms with Crippen LogP contribution in [0.15, 0.2) is 29.6 Å². The molecular weight excluding hydrogens is 450 g/mol. The standard InChI is InChI=1S/C27H33NO3S2/c1-8-14-31-26(30)23-22(18-10-12-19(13-11-18)27(5,6)7)17(4)33-25(23)28-24(29)21-15-32-16(3)20(21)9-2/h10-13,15H,8-9,14H2,1-7H3,(H,28,29). The second-order valence-electron chi connectivity index (χ2n) is 9.19. The molecule has 6 heteroatoms. The van der Waals surface area contributed by atoms with Gasteiger partial charge in [0.2, 0.25) is 0 Å². The van der Waals surface area contributed by atoms with Crippen LogP contribution >= 0.6 is 22.7 Å². The minimum Gasteiger partial charge on any atom is -0.462 e. The number of aryl methyl sites for hydroxylation is 2. The highest BCUT2D eigenvalue weighted by atomic mass is 32.1. The molecule has 176 valence electrons. The first-order valence-electron chi connectivity index (χ1n) is 11.4. The Kier molecular flexibility index (Phi) is 7.80. The Bertz CT molecular complexity index is 1150. The van der Waals surface area contributed by atoms with Gasteiger partial charge in [-0.3, -0.25) is 4.79 Å². The first-order valence-corrected chi connectivity index (χ1v) is 13.1. The SMILES string of the molecule is CCCOC(=O)c1c(NC(=O)c2csc(C)c2CC)sc(C)c1-c1ccc(C(C)(C)C)cc1.